The first kappa shape index (κ1) is 32.8. The van der Waals surface area contributed by atoms with Crippen LogP contribution in [0.4, 0.5) is 0 Å². The molecule has 262 valence electrons. The first-order chi connectivity index (χ1) is 27.2. The molecule has 0 saturated heterocycles. The summed E-state index contributed by atoms with van der Waals surface area (Å²) in [4.78, 5) is 5.18. The largest absolute Gasteiger partial charge is 0.322 e. The second-order valence-corrected chi connectivity index (χ2v) is 14.5. The van der Waals surface area contributed by atoms with Gasteiger partial charge in [-0.1, -0.05) is 176 Å². The van der Waals surface area contributed by atoms with Crippen LogP contribution in [0.1, 0.15) is 51.0 Å². The molecule has 10 rings (SSSR count). The van der Waals surface area contributed by atoms with Crippen LogP contribution in [0.2, 0.25) is 0 Å². The molecule has 1 aromatic heterocycles. The maximum atomic E-state index is 7.11. The lowest BCUT2D eigenvalue weighted by Gasteiger charge is -2.34. The van der Waals surface area contributed by atoms with E-state index in [-0.39, 0.29) is 12.1 Å². The summed E-state index contributed by atoms with van der Waals surface area (Å²) in [5, 5.41) is 2.45. The Morgan fingerprint density at radius 3 is 1.80 bits per heavy atom. The Balaban J connectivity index is 1.22. The number of nitrogens with zero attached hydrogens (tertiary/aromatic N) is 2. The lowest BCUT2D eigenvalue weighted by molar-refractivity contribution is 0.579. The molecule has 2 N–H and O–H groups in total. The smallest absolute Gasteiger partial charge is 0.0942 e. The molecule has 1 aliphatic rings. The van der Waals surface area contributed by atoms with Crippen molar-refractivity contribution in [1.29, 1.82) is 0 Å². The van der Waals surface area contributed by atoms with Crippen molar-refractivity contribution < 1.29 is 0 Å². The number of hydrogen-bond acceptors (Lipinski definition) is 2. The van der Waals surface area contributed by atoms with Crippen molar-refractivity contribution in [1.82, 2.24) is 4.57 Å². The van der Waals surface area contributed by atoms with Gasteiger partial charge in [0.15, 0.2) is 0 Å². The van der Waals surface area contributed by atoms with E-state index in [9.17, 15) is 0 Å². The quantitative estimate of drug-likeness (QED) is 0.157. The molecule has 1 heterocycles. The third-order valence-electron chi connectivity index (χ3n) is 11.4. The molecule has 1 aliphatic carbocycles. The summed E-state index contributed by atoms with van der Waals surface area (Å²) in [6.07, 6.45) is 1.95. The normalized spacial score (nSPS) is 14.2. The summed E-state index contributed by atoms with van der Waals surface area (Å²) < 4.78 is 2.43. The van der Waals surface area contributed by atoms with Crippen LogP contribution in [0.3, 0.4) is 0 Å². The van der Waals surface area contributed by atoms with Crippen LogP contribution in [0, 0.1) is 0 Å². The van der Waals surface area contributed by atoms with Gasteiger partial charge in [0.1, 0.15) is 0 Å². The molecule has 8 aromatic carbocycles. The molecule has 0 amide bonds. The standard InChI is InChI=1S/C52H39N3/c53-50(37-20-7-2-8-21-37)51(54-35-36-18-5-1-6-19-36)38-22-17-27-41(32-38)55-48-31-16-14-29-43(48)45-33-44-42-28-13-15-30-46(42)52(47(44)34-49(45)55,39-23-9-3-10-24-39)40-25-11-4-12-26-40/h1-35,50-51H,53H2/b54-35+/t50-,51+/m0/s1. The molecule has 3 heteroatoms. The zero-order valence-corrected chi connectivity index (χ0v) is 30.3. The Kier molecular flexibility index (Phi) is 8.09. The van der Waals surface area contributed by atoms with Crippen molar-refractivity contribution in [3.05, 3.63) is 245 Å². The molecule has 55 heavy (non-hydrogen) atoms. The minimum Gasteiger partial charge on any atom is -0.322 e. The second-order valence-electron chi connectivity index (χ2n) is 14.5. The van der Waals surface area contributed by atoms with E-state index in [0.29, 0.717) is 0 Å². The summed E-state index contributed by atoms with van der Waals surface area (Å²) in [5.74, 6) is 0. The minimum absolute atomic E-state index is 0.307. The van der Waals surface area contributed by atoms with Crippen LogP contribution in [0.25, 0.3) is 38.6 Å². The maximum absolute atomic E-state index is 7.11. The summed E-state index contributed by atoms with van der Waals surface area (Å²) in [7, 11) is 0. The topological polar surface area (TPSA) is 43.3 Å². The molecule has 2 atom stereocenters. The maximum Gasteiger partial charge on any atom is 0.0942 e. The van der Waals surface area contributed by atoms with Crippen LogP contribution in [-0.4, -0.2) is 10.8 Å². The van der Waals surface area contributed by atoms with Crippen molar-refractivity contribution >= 4 is 28.0 Å². The van der Waals surface area contributed by atoms with Crippen molar-refractivity contribution in [2.75, 3.05) is 0 Å². The number of aromatic nitrogens is 1. The molecule has 0 unspecified atom stereocenters. The predicted octanol–water partition coefficient (Wildman–Crippen LogP) is 12.0. The number of benzene rings is 8. The predicted molar refractivity (Wildman–Crippen MR) is 228 cm³/mol. The molecule has 0 spiro atoms. The Labute approximate surface area is 321 Å². The van der Waals surface area contributed by atoms with Gasteiger partial charge in [-0.05, 0) is 80.4 Å². The van der Waals surface area contributed by atoms with Crippen LogP contribution < -0.4 is 5.73 Å². The average Bonchev–Trinajstić information content (AvgIpc) is 3.74. The molecule has 3 nitrogen and oxygen atoms in total. The van der Waals surface area contributed by atoms with Gasteiger partial charge in [-0.15, -0.1) is 0 Å². The van der Waals surface area contributed by atoms with E-state index in [1.807, 2.05) is 42.6 Å². The van der Waals surface area contributed by atoms with E-state index in [0.717, 1.165) is 33.4 Å². The minimum atomic E-state index is -0.495. The van der Waals surface area contributed by atoms with Crippen molar-refractivity contribution in [3.8, 4) is 16.8 Å². The molecule has 0 fully saturated rings. The highest BCUT2D eigenvalue weighted by Crippen LogP contribution is 2.57. The lowest BCUT2D eigenvalue weighted by Crippen LogP contribution is -2.28. The van der Waals surface area contributed by atoms with Gasteiger partial charge in [-0.3, -0.25) is 4.99 Å². The number of nitrogens with two attached hydrogens (primary N) is 1. The van der Waals surface area contributed by atoms with Crippen LogP contribution >= 0.6 is 0 Å². The van der Waals surface area contributed by atoms with Gasteiger partial charge in [0, 0.05) is 22.7 Å². The molecule has 9 aromatic rings. The molecular weight excluding hydrogens is 667 g/mol. The van der Waals surface area contributed by atoms with Crippen molar-refractivity contribution in [2.24, 2.45) is 10.7 Å². The van der Waals surface area contributed by atoms with Gasteiger partial charge in [0.2, 0.25) is 0 Å². The monoisotopic (exact) mass is 705 g/mol. The van der Waals surface area contributed by atoms with Gasteiger partial charge in [0.25, 0.3) is 0 Å². The Morgan fingerprint density at radius 2 is 1.07 bits per heavy atom. The van der Waals surface area contributed by atoms with Crippen molar-refractivity contribution in [2.45, 2.75) is 17.5 Å². The van der Waals surface area contributed by atoms with E-state index < -0.39 is 5.41 Å². The van der Waals surface area contributed by atoms with E-state index >= 15 is 0 Å². The number of fused-ring (bicyclic) bond motifs is 6. The zero-order valence-electron chi connectivity index (χ0n) is 30.3. The molecule has 0 aliphatic heterocycles. The Hall–Kier alpha value is -6.81. The van der Waals surface area contributed by atoms with Crippen LogP contribution in [-0.2, 0) is 5.41 Å². The summed E-state index contributed by atoms with van der Waals surface area (Å²) in [6.45, 7) is 0. The van der Waals surface area contributed by atoms with E-state index in [1.54, 1.807) is 0 Å². The third kappa shape index (κ3) is 5.35. The van der Waals surface area contributed by atoms with Gasteiger partial charge >= 0.3 is 0 Å². The zero-order chi connectivity index (χ0) is 36.8. The lowest BCUT2D eigenvalue weighted by atomic mass is 9.67. The highest BCUT2D eigenvalue weighted by molar-refractivity contribution is 6.12. The molecular formula is C52H39N3. The first-order valence-electron chi connectivity index (χ1n) is 19.0. The van der Waals surface area contributed by atoms with Gasteiger partial charge in [-0.2, -0.15) is 0 Å². The summed E-state index contributed by atoms with van der Waals surface area (Å²) in [5.41, 5.74) is 20.8. The SMILES string of the molecule is N[C@@H](c1ccccc1)[C@H](/N=C/c1ccccc1)c1cccc(-n2c3ccccc3c3cc4c(cc32)C(c2ccccc2)(c2ccccc2)c2ccccc2-4)c1. The van der Waals surface area contributed by atoms with E-state index in [4.69, 9.17) is 10.7 Å². The number of rotatable bonds is 8. The van der Waals surface area contributed by atoms with Gasteiger partial charge < -0.3 is 10.3 Å². The summed E-state index contributed by atoms with van der Waals surface area (Å²) >= 11 is 0. The fourth-order valence-electron chi connectivity index (χ4n) is 8.98. The number of aliphatic imine (C=N–C) groups is 1. The summed E-state index contributed by atoms with van der Waals surface area (Å²) in [6, 6.07) is 73.4. The average molecular weight is 706 g/mol. The Morgan fingerprint density at radius 1 is 0.473 bits per heavy atom. The fraction of sp³-hybridized carbons (Fsp3) is 0.0577. The van der Waals surface area contributed by atoms with E-state index in [1.165, 1.54) is 44.2 Å². The molecule has 0 bridgehead atoms. The highest BCUT2D eigenvalue weighted by atomic mass is 15.0. The van der Waals surface area contributed by atoms with Crippen LogP contribution in [0.5, 0.6) is 0 Å². The fourth-order valence-corrected chi connectivity index (χ4v) is 8.98. The number of para-hydroxylation sites is 1. The van der Waals surface area contributed by atoms with Gasteiger partial charge in [-0.25, -0.2) is 0 Å². The Bertz CT molecular complexity index is 2780. The second kappa shape index (κ2) is 13.6. The van der Waals surface area contributed by atoms with Crippen molar-refractivity contribution in [3.63, 3.8) is 0 Å². The van der Waals surface area contributed by atoms with Crippen LogP contribution in [0.15, 0.2) is 211 Å². The highest BCUT2D eigenvalue weighted by Gasteiger charge is 2.46. The molecule has 0 radical (unpaired) electrons. The first-order valence-corrected chi connectivity index (χ1v) is 19.0. The molecule has 0 saturated carbocycles. The van der Waals surface area contributed by atoms with E-state index in [2.05, 4.69) is 174 Å². The van der Waals surface area contributed by atoms with Gasteiger partial charge in [0.05, 0.1) is 28.5 Å². The third-order valence-corrected chi connectivity index (χ3v) is 11.4. The number of hydrogen-bond donors (Lipinski definition) is 1.